The molecule has 0 radical (unpaired) electrons. The van der Waals surface area contributed by atoms with Gasteiger partial charge in [0.1, 0.15) is 0 Å². The molecule has 0 aromatic carbocycles. The number of unbranched alkanes of at least 4 members (excludes halogenated alkanes) is 1. The van der Waals surface area contributed by atoms with Crippen molar-refractivity contribution in [3.63, 3.8) is 0 Å². The molecule has 0 aromatic heterocycles. The van der Waals surface area contributed by atoms with Crippen molar-refractivity contribution >= 4 is 0 Å². The molecule has 0 aromatic rings. The minimum Gasteiger partial charge on any atom is -0.316 e. The van der Waals surface area contributed by atoms with Crippen molar-refractivity contribution in [2.75, 3.05) is 6.54 Å². The number of nitrogens with two attached hydrogens (primary N) is 1. The minimum atomic E-state index is 0. The standard InChI is InChI=1S/C8H20N2.3CH4/c1-3-5-7-10-8(9)6-4-2;;;/h8,10H,3-7,9H2,1-2H3;3*1H4. The van der Waals surface area contributed by atoms with E-state index in [1.165, 1.54) is 19.3 Å². The van der Waals surface area contributed by atoms with Crippen LogP contribution in [0.1, 0.15) is 61.8 Å². The summed E-state index contributed by atoms with van der Waals surface area (Å²) in [7, 11) is 0. The van der Waals surface area contributed by atoms with E-state index < -0.39 is 0 Å². The van der Waals surface area contributed by atoms with Gasteiger partial charge in [0.05, 0.1) is 6.17 Å². The van der Waals surface area contributed by atoms with E-state index in [-0.39, 0.29) is 28.4 Å². The maximum absolute atomic E-state index is 5.71. The Kier molecular flexibility index (Phi) is 31.7. The lowest BCUT2D eigenvalue weighted by molar-refractivity contribution is 0.482. The van der Waals surface area contributed by atoms with E-state index in [9.17, 15) is 0 Å². The van der Waals surface area contributed by atoms with E-state index in [2.05, 4.69) is 19.2 Å². The van der Waals surface area contributed by atoms with Crippen LogP contribution < -0.4 is 11.1 Å². The molecule has 1 unspecified atom stereocenters. The van der Waals surface area contributed by atoms with Gasteiger partial charge in [-0.05, 0) is 19.4 Å². The van der Waals surface area contributed by atoms with Gasteiger partial charge < -0.3 is 11.1 Å². The summed E-state index contributed by atoms with van der Waals surface area (Å²) in [6, 6.07) is 0. The van der Waals surface area contributed by atoms with E-state index >= 15 is 0 Å². The van der Waals surface area contributed by atoms with E-state index in [0.29, 0.717) is 0 Å². The molecule has 13 heavy (non-hydrogen) atoms. The monoisotopic (exact) mass is 192 g/mol. The van der Waals surface area contributed by atoms with Crippen molar-refractivity contribution in [2.24, 2.45) is 5.73 Å². The lowest BCUT2D eigenvalue weighted by Crippen LogP contribution is -2.37. The van der Waals surface area contributed by atoms with Crippen LogP contribution in [0.4, 0.5) is 0 Å². The second-order valence-corrected chi connectivity index (χ2v) is 2.70. The molecule has 0 aliphatic carbocycles. The molecule has 0 aliphatic rings. The van der Waals surface area contributed by atoms with Crippen molar-refractivity contribution in [2.45, 2.75) is 68.0 Å². The highest BCUT2D eigenvalue weighted by molar-refractivity contribution is 4.56. The van der Waals surface area contributed by atoms with Gasteiger partial charge in [-0.3, -0.25) is 0 Å². The van der Waals surface area contributed by atoms with Gasteiger partial charge in [-0.2, -0.15) is 0 Å². The first kappa shape index (κ1) is 23.1. The molecule has 2 heteroatoms. The van der Waals surface area contributed by atoms with Crippen molar-refractivity contribution in [1.29, 1.82) is 0 Å². The van der Waals surface area contributed by atoms with Crippen molar-refractivity contribution in [1.82, 2.24) is 5.32 Å². The molecule has 0 saturated heterocycles. The molecule has 0 heterocycles. The fourth-order valence-electron chi connectivity index (χ4n) is 0.877. The Bertz CT molecular complexity index is 65.1. The van der Waals surface area contributed by atoms with E-state index in [1.54, 1.807) is 0 Å². The van der Waals surface area contributed by atoms with E-state index in [4.69, 9.17) is 5.73 Å². The van der Waals surface area contributed by atoms with Crippen molar-refractivity contribution in [3.05, 3.63) is 0 Å². The molecule has 0 fully saturated rings. The zero-order chi connectivity index (χ0) is 7.82. The summed E-state index contributed by atoms with van der Waals surface area (Å²) in [6.07, 6.45) is 4.95. The Balaban J connectivity index is -0.000000135. The molecule has 1 atom stereocenters. The number of hydrogen-bond donors (Lipinski definition) is 2. The smallest absolute Gasteiger partial charge is 0.0546 e. The van der Waals surface area contributed by atoms with Crippen LogP contribution in [0.5, 0.6) is 0 Å². The molecule has 0 bridgehead atoms. The van der Waals surface area contributed by atoms with E-state index in [0.717, 1.165) is 13.0 Å². The zero-order valence-electron chi connectivity index (χ0n) is 7.19. The van der Waals surface area contributed by atoms with Gasteiger partial charge >= 0.3 is 0 Å². The highest BCUT2D eigenvalue weighted by Gasteiger charge is 1.96. The van der Waals surface area contributed by atoms with Crippen molar-refractivity contribution < 1.29 is 0 Å². The Hall–Kier alpha value is -0.0800. The highest BCUT2D eigenvalue weighted by Crippen LogP contribution is 1.90. The Labute approximate surface area is 86.3 Å². The summed E-state index contributed by atoms with van der Waals surface area (Å²) in [5, 5.41) is 3.26. The molecule has 3 N–H and O–H groups in total. The first-order valence-corrected chi connectivity index (χ1v) is 4.30. The van der Waals surface area contributed by atoms with Gasteiger partial charge in [0.25, 0.3) is 0 Å². The average Bonchev–Trinajstić information content (AvgIpc) is 1.89. The van der Waals surface area contributed by atoms with Gasteiger partial charge in [-0.15, -0.1) is 0 Å². The molecule has 86 valence electrons. The Morgan fingerprint density at radius 1 is 1.08 bits per heavy atom. The third-order valence-electron chi connectivity index (χ3n) is 1.54. The van der Waals surface area contributed by atoms with Crippen LogP contribution in [0.2, 0.25) is 0 Å². The summed E-state index contributed by atoms with van der Waals surface area (Å²) < 4.78 is 0. The minimum absolute atomic E-state index is 0. The number of nitrogens with one attached hydrogen (secondary N) is 1. The summed E-state index contributed by atoms with van der Waals surface area (Å²) in [5.41, 5.74) is 5.71. The predicted octanol–water partition coefficient (Wildman–Crippen LogP) is 3.37. The summed E-state index contributed by atoms with van der Waals surface area (Å²) >= 11 is 0. The zero-order valence-corrected chi connectivity index (χ0v) is 7.19. The maximum Gasteiger partial charge on any atom is 0.0546 e. The summed E-state index contributed by atoms with van der Waals surface area (Å²) in [6.45, 7) is 5.41. The average molecular weight is 192 g/mol. The van der Waals surface area contributed by atoms with Gasteiger partial charge in [-0.25, -0.2) is 0 Å². The second-order valence-electron chi connectivity index (χ2n) is 2.70. The maximum atomic E-state index is 5.71. The van der Waals surface area contributed by atoms with E-state index in [1.807, 2.05) is 0 Å². The third kappa shape index (κ3) is 18.7. The fraction of sp³-hybridized carbons (Fsp3) is 1.00. The van der Waals surface area contributed by atoms with Crippen LogP contribution in [0.15, 0.2) is 0 Å². The Morgan fingerprint density at radius 2 is 1.62 bits per heavy atom. The van der Waals surface area contributed by atoms with Crippen LogP contribution >= 0.6 is 0 Å². The SMILES string of the molecule is C.C.C.CCCCNC(N)CCC. The van der Waals surface area contributed by atoms with Gasteiger partial charge in [-0.1, -0.05) is 49.0 Å². The normalized spacial score (nSPS) is 10.4. The lowest BCUT2D eigenvalue weighted by atomic mass is 10.2. The van der Waals surface area contributed by atoms with Gasteiger partial charge in [0.15, 0.2) is 0 Å². The van der Waals surface area contributed by atoms with Crippen LogP contribution in [0.25, 0.3) is 0 Å². The first-order chi connectivity index (χ1) is 4.81. The van der Waals surface area contributed by atoms with Crippen LogP contribution in [-0.2, 0) is 0 Å². The number of hydrogen-bond acceptors (Lipinski definition) is 2. The molecular formula is C11H32N2. The van der Waals surface area contributed by atoms with Gasteiger partial charge in [0, 0.05) is 0 Å². The Morgan fingerprint density at radius 3 is 2.00 bits per heavy atom. The molecule has 0 amide bonds. The molecule has 0 saturated carbocycles. The summed E-state index contributed by atoms with van der Waals surface area (Å²) in [5.74, 6) is 0. The lowest BCUT2D eigenvalue weighted by Gasteiger charge is -2.11. The number of rotatable bonds is 6. The third-order valence-corrected chi connectivity index (χ3v) is 1.54. The highest BCUT2D eigenvalue weighted by atomic mass is 15.0. The van der Waals surface area contributed by atoms with Crippen LogP contribution in [0, 0.1) is 0 Å². The molecular weight excluding hydrogens is 160 g/mol. The van der Waals surface area contributed by atoms with Crippen LogP contribution in [0.3, 0.4) is 0 Å². The molecule has 0 aliphatic heterocycles. The molecule has 2 nitrogen and oxygen atoms in total. The molecule has 0 rings (SSSR count). The fourth-order valence-corrected chi connectivity index (χ4v) is 0.877. The van der Waals surface area contributed by atoms with Crippen LogP contribution in [-0.4, -0.2) is 12.7 Å². The summed E-state index contributed by atoms with van der Waals surface area (Å²) in [4.78, 5) is 0. The quantitative estimate of drug-likeness (QED) is 0.500. The molecule has 0 spiro atoms. The predicted molar refractivity (Wildman–Crippen MR) is 66.0 cm³/mol. The largest absolute Gasteiger partial charge is 0.316 e. The topological polar surface area (TPSA) is 38.0 Å². The van der Waals surface area contributed by atoms with Gasteiger partial charge in [0.2, 0.25) is 0 Å². The first-order valence-electron chi connectivity index (χ1n) is 4.30. The second kappa shape index (κ2) is 17.9. The van der Waals surface area contributed by atoms with Crippen molar-refractivity contribution in [3.8, 4) is 0 Å².